The summed E-state index contributed by atoms with van der Waals surface area (Å²) >= 11 is 6.24. The number of amides is 1. The molecule has 2 aromatic carbocycles. The maximum absolute atomic E-state index is 12.3. The van der Waals surface area contributed by atoms with Crippen LogP contribution in [-0.4, -0.2) is 25.8 Å². The largest absolute Gasteiger partial charge is 0.344 e. The molecule has 0 spiro atoms. The van der Waals surface area contributed by atoms with Gasteiger partial charge in [0, 0.05) is 12.7 Å². The predicted octanol–water partition coefficient (Wildman–Crippen LogP) is 4.12. The highest BCUT2D eigenvalue weighted by atomic mass is 35.5. The molecule has 2 aromatic heterocycles. The van der Waals surface area contributed by atoms with Crippen molar-refractivity contribution < 1.29 is 9.32 Å². The summed E-state index contributed by atoms with van der Waals surface area (Å²) in [5.41, 5.74) is 4.24. The quantitative estimate of drug-likeness (QED) is 0.537. The summed E-state index contributed by atoms with van der Waals surface area (Å²) in [4.78, 5) is 16.6. The first kappa shape index (κ1) is 18.9. The highest BCUT2D eigenvalue weighted by molar-refractivity contribution is 6.32. The number of halogens is 1. The van der Waals surface area contributed by atoms with Crippen molar-refractivity contribution in [1.82, 2.24) is 25.2 Å². The highest BCUT2D eigenvalue weighted by Crippen LogP contribution is 2.24. The molecule has 0 saturated carbocycles. The minimum Gasteiger partial charge on any atom is -0.344 e. The number of benzene rings is 2. The summed E-state index contributed by atoms with van der Waals surface area (Å²) in [6.45, 7) is 4.22. The Bertz CT molecular complexity index is 1160. The van der Waals surface area contributed by atoms with Crippen LogP contribution in [0.25, 0.3) is 17.1 Å². The first-order valence-corrected chi connectivity index (χ1v) is 9.38. The van der Waals surface area contributed by atoms with E-state index in [0.717, 1.165) is 16.8 Å². The maximum atomic E-state index is 12.3. The van der Waals surface area contributed by atoms with Crippen molar-refractivity contribution in [3.8, 4) is 17.1 Å². The molecule has 0 saturated heterocycles. The van der Waals surface area contributed by atoms with Crippen molar-refractivity contribution in [3.05, 3.63) is 82.5 Å². The molecular formula is C21H18ClN5O2. The molecule has 1 amide bonds. The van der Waals surface area contributed by atoms with E-state index in [-0.39, 0.29) is 5.89 Å². The van der Waals surface area contributed by atoms with Gasteiger partial charge in [-0.05, 0) is 31.5 Å². The van der Waals surface area contributed by atoms with Gasteiger partial charge in [-0.1, -0.05) is 58.7 Å². The lowest BCUT2D eigenvalue weighted by Gasteiger charge is -2.02. The second-order valence-corrected chi connectivity index (χ2v) is 7.02. The normalized spacial score (nSPS) is 10.9. The van der Waals surface area contributed by atoms with Crippen LogP contribution in [0.5, 0.6) is 0 Å². The van der Waals surface area contributed by atoms with Gasteiger partial charge in [0.25, 0.3) is 0 Å². The Labute approximate surface area is 172 Å². The number of aryl methyl sites for hydroxylation is 2. The minimum atomic E-state index is -0.430. The zero-order valence-electron chi connectivity index (χ0n) is 15.9. The first-order chi connectivity index (χ1) is 14.0. The Hall–Kier alpha value is -3.45. The molecule has 0 aliphatic heterocycles. The molecule has 0 bridgehead atoms. The van der Waals surface area contributed by atoms with Gasteiger partial charge in [-0.25, -0.2) is 4.68 Å². The van der Waals surface area contributed by atoms with Crippen molar-refractivity contribution in [2.75, 3.05) is 0 Å². The monoisotopic (exact) mass is 407 g/mol. The second-order valence-electron chi connectivity index (χ2n) is 6.62. The molecule has 4 aromatic rings. The van der Waals surface area contributed by atoms with Crippen molar-refractivity contribution in [3.63, 3.8) is 0 Å². The van der Waals surface area contributed by atoms with Crippen molar-refractivity contribution >= 4 is 17.5 Å². The van der Waals surface area contributed by atoms with Crippen LogP contribution >= 0.6 is 11.6 Å². The zero-order chi connectivity index (χ0) is 20.4. The SMILES string of the molecule is Cc1ccc(CNC(=O)c2nc(-c3cn(-c4ccccc4Cl)nc3C)no2)cc1. The van der Waals surface area contributed by atoms with Gasteiger partial charge >= 0.3 is 11.8 Å². The molecule has 2 heterocycles. The van der Waals surface area contributed by atoms with E-state index in [4.69, 9.17) is 16.1 Å². The molecule has 8 heteroatoms. The summed E-state index contributed by atoms with van der Waals surface area (Å²) in [5.74, 6) is -0.237. The number of carbonyl (C=O) groups excluding carboxylic acids is 1. The van der Waals surface area contributed by atoms with Gasteiger partial charge in [0.1, 0.15) is 0 Å². The van der Waals surface area contributed by atoms with Gasteiger partial charge in [-0.2, -0.15) is 10.1 Å². The molecule has 7 nitrogen and oxygen atoms in total. The predicted molar refractivity (Wildman–Crippen MR) is 109 cm³/mol. The van der Waals surface area contributed by atoms with Crippen LogP contribution in [0.3, 0.4) is 0 Å². The molecule has 0 unspecified atom stereocenters. The van der Waals surface area contributed by atoms with Crippen LogP contribution in [0.4, 0.5) is 0 Å². The van der Waals surface area contributed by atoms with Gasteiger partial charge in [0.2, 0.25) is 5.82 Å². The molecule has 29 heavy (non-hydrogen) atoms. The van der Waals surface area contributed by atoms with E-state index < -0.39 is 5.91 Å². The number of carbonyl (C=O) groups is 1. The third-order valence-corrected chi connectivity index (χ3v) is 4.75. The summed E-state index contributed by atoms with van der Waals surface area (Å²) in [5, 5.41) is 11.8. The van der Waals surface area contributed by atoms with Gasteiger partial charge in [0.05, 0.1) is 22.0 Å². The third kappa shape index (κ3) is 4.05. The maximum Gasteiger partial charge on any atom is 0.316 e. The number of nitrogens with zero attached hydrogens (tertiary/aromatic N) is 4. The van der Waals surface area contributed by atoms with Gasteiger partial charge in [-0.15, -0.1) is 0 Å². The van der Waals surface area contributed by atoms with Crippen LogP contribution in [-0.2, 0) is 6.54 Å². The summed E-state index contributed by atoms with van der Waals surface area (Å²) in [6, 6.07) is 15.3. The lowest BCUT2D eigenvalue weighted by Crippen LogP contribution is -2.23. The molecule has 0 aliphatic carbocycles. The van der Waals surface area contributed by atoms with E-state index in [1.54, 1.807) is 16.9 Å². The van der Waals surface area contributed by atoms with E-state index in [9.17, 15) is 4.79 Å². The molecule has 1 N–H and O–H groups in total. The molecule has 146 valence electrons. The fourth-order valence-corrected chi connectivity index (χ4v) is 3.05. The standard InChI is InChI=1S/C21H18ClN5O2/c1-13-7-9-15(10-8-13)11-23-20(28)21-24-19(26-29-21)16-12-27(25-14(16)2)18-6-4-3-5-17(18)22/h3-10,12H,11H2,1-2H3,(H,23,28). The minimum absolute atomic E-state index is 0.1000. The summed E-state index contributed by atoms with van der Waals surface area (Å²) in [6.07, 6.45) is 1.76. The van der Waals surface area contributed by atoms with E-state index in [1.165, 1.54) is 0 Å². The fraction of sp³-hybridized carbons (Fsp3) is 0.143. The lowest BCUT2D eigenvalue weighted by molar-refractivity contribution is 0.0907. The highest BCUT2D eigenvalue weighted by Gasteiger charge is 2.19. The van der Waals surface area contributed by atoms with Crippen molar-refractivity contribution in [2.24, 2.45) is 0 Å². The molecule has 4 rings (SSSR count). The average molecular weight is 408 g/mol. The number of rotatable bonds is 5. The van der Waals surface area contributed by atoms with Gasteiger partial charge in [0.15, 0.2) is 0 Å². The Morgan fingerprint density at radius 3 is 2.66 bits per heavy atom. The van der Waals surface area contributed by atoms with E-state index in [0.29, 0.717) is 28.6 Å². The summed E-state index contributed by atoms with van der Waals surface area (Å²) < 4.78 is 6.80. The lowest BCUT2D eigenvalue weighted by atomic mass is 10.1. The Morgan fingerprint density at radius 2 is 1.90 bits per heavy atom. The zero-order valence-corrected chi connectivity index (χ0v) is 16.6. The number of para-hydroxylation sites is 1. The molecular weight excluding hydrogens is 390 g/mol. The van der Waals surface area contributed by atoms with E-state index >= 15 is 0 Å². The van der Waals surface area contributed by atoms with Crippen LogP contribution < -0.4 is 5.32 Å². The number of nitrogens with one attached hydrogen (secondary N) is 1. The Kier molecular flexibility index (Phi) is 5.14. The van der Waals surface area contributed by atoms with Crippen LogP contribution in [0.1, 0.15) is 27.5 Å². The number of hydrogen-bond donors (Lipinski definition) is 1. The summed E-state index contributed by atoms with van der Waals surface area (Å²) in [7, 11) is 0. The van der Waals surface area contributed by atoms with Crippen LogP contribution in [0.2, 0.25) is 5.02 Å². The Balaban J connectivity index is 1.51. The van der Waals surface area contributed by atoms with Crippen molar-refractivity contribution in [2.45, 2.75) is 20.4 Å². The van der Waals surface area contributed by atoms with Gasteiger partial charge in [-0.3, -0.25) is 4.79 Å². The van der Waals surface area contributed by atoms with E-state index in [2.05, 4.69) is 20.6 Å². The smallest absolute Gasteiger partial charge is 0.316 e. The molecule has 0 aliphatic rings. The first-order valence-electron chi connectivity index (χ1n) is 9.00. The topological polar surface area (TPSA) is 85.8 Å². The molecule has 0 atom stereocenters. The van der Waals surface area contributed by atoms with Gasteiger partial charge < -0.3 is 9.84 Å². The number of aromatic nitrogens is 4. The van der Waals surface area contributed by atoms with Crippen molar-refractivity contribution in [1.29, 1.82) is 0 Å². The molecule has 0 radical (unpaired) electrons. The third-order valence-electron chi connectivity index (χ3n) is 4.43. The average Bonchev–Trinajstić information content (AvgIpc) is 3.34. The van der Waals surface area contributed by atoms with Crippen LogP contribution in [0.15, 0.2) is 59.3 Å². The van der Waals surface area contributed by atoms with Crippen LogP contribution in [0, 0.1) is 13.8 Å². The Morgan fingerprint density at radius 1 is 1.14 bits per heavy atom. The number of hydrogen-bond acceptors (Lipinski definition) is 5. The molecule has 0 fully saturated rings. The second kappa shape index (κ2) is 7.89. The fourth-order valence-electron chi connectivity index (χ4n) is 2.83. The van der Waals surface area contributed by atoms with E-state index in [1.807, 2.05) is 56.3 Å².